The summed E-state index contributed by atoms with van der Waals surface area (Å²) in [6, 6.07) is 4.23. The van der Waals surface area contributed by atoms with Crippen LogP contribution in [0.4, 0.5) is 0 Å². The van der Waals surface area contributed by atoms with E-state index in [1.807, 2.05) is 0 Å². The van der Waals surface area contributed by atoms with Crippen LogP contribution in [0.1, 0.15) is 43.4 Å². The summed E-state index contributed by atoms with van der Waals surface area (Å²) < 4.78 is 11.5. The first-order valence-electron chi connectivity index (χ1n) is 8.04. The number of rotatable bonds is 5. The van der Waals surface area contributed by atoms with Crippen molar-refractivity contribution in [1.29, 1.82) is 0 Å². The third-order valence-corrected chi connectivity index (χ3v) is 5.71. The Kier molecular flexibility index (Phi) is 5.09. The summed E-state index contributed by atoms with van der Waals surface area (Å²) in [5, 5.41) is 2.10. The minimum atomic E-state index is -0.0649. The maximum Gasteiger partial charge on any atom is 0.136 e. The van der Waals surface area contributed by atoms with Crippen molar-refractivity contribution >= 4 is 17.1 Å². The zero-order valence-electron chi connectivity index (χ0n) is 12.5. The second-order valence-corrected chi connectivity index (χ2v) is 7.27. The van der Waals surface area contributed by atoms with Gasteiger partial charge < -0.3 is 9.47 Å². The number of hydrogen-bond donors (Lipinski definition) is 0. The molecule has 1 spiro atoms. The molecule has 2 aliphatic rings. The van der Waals surface area contributed by atoms with Crippen molar-refractivity contribution in [2.45, 2.75) is 50.5 Å². The van der Waals surface area contributed by atoms with Gasteiger partial charge in [0.2, 0.25) is 0 Å². The van der Waals surface area contributed by atoms with Gasteiger partial charge in [-0.3, -0.25) is 4.79 Å². The summed E-state index contributed by atoms with van der Waals surface area (Å²) >= 11 is 1.78. The monoisotopic (exact) mass is 308 g/mol. The molecular weight excluding hydrogens is 284 g/mol. The first kappa shape index (κ1) is 15.2. The van der Waals surface area contributed by atoms with Crippen molar-refractivity contribution in [3.8, 4) is 0 Å². The Morgan fingerprint density at radius 1 is 1.33 bits per heavy atom. The molecule has 116 valence electrons. The van der Waals surface area contributed by atoms with Gasteiger partial charge in [-0.05, 0) is 50.0 Å². The SMILES string of the molecule is O=C(CCCc1cccs1)C1CCOC2(CCOCC2)C1. The molecule has 1 unspecified atom stereocenters. The molecule has 1 aromatic heterocycles. The van der Waals surface area contributed by atoms with Crippen LogP contribution in [-0.4, -0.2) is 31.2 Å². The fraction of sp³-hybridized carbons (Fsp3) is 0.706. The Bertz CT molecular complexity index is 443. The van der Waals surface area contributed by atoms with Gasteiger partial charge in [0.15, 0.2) is 0 Å². The van der Waals surface area contributed by atoms with Gasteiger partial charge in [-0.2, -0.15) is 0 Å². The number of thiophene rings is 1. The van der Waals surface area contributed by atoms with E-state index in [0.29, 0.717) is 5.78 Å². The maximum absolute atomic E-state index is 12.5. The largest absolute Gasteiger partial charge is 0.381 e. The topological polar surface area (TPSA) is 35.5 Å². The Morgan fingerprint density at radius 2 is 2.19 bits per heavy atom. The van der Waals surface area contributed by atoms with Crippen LogP contribution in [-0.2, 0) is 20.7 Å². The molecule has 3 rings (SSSR count). The molecule has 1 aromatic rings. The summed E-state index contributed by atoms with van der Waals surface area (Å²) in [7, 11) is 0. The van der Waals surface area contributed by atoms with Crippen molar-refractivity contribution in [3.05, 3.63) is 22.4 Å². The highest BCUT2D eigenvalue weighted by atomic mass is 32.1. The van der Waals surface area contributed by atoms with Crippen molar-refractivity contribution in [3.63, 3.8) is 0 Å². The van der Waals surface area contributed by atoms with Crippen LogP contribution in [0.2, 0.25) is 0 Å². The number of aryl methyl sites for hydroxylation is 1. The van der Waals surface area contributed by atoms with Gasteiger partial charge in [-0.1, -0.05) is 6.07 Å². The summed E-state index contributed by atoms with van der Waals surface area (Å²) in [6.07, 6.45) is 6.44. The number of hydrogen-bond acceptors (Lipinski definition) is 4. The number of ether oxygens (including phenoxy) is 2. The lowest BCUT2D eigenvalue weighted by molar-refractivity contribution is -0.157. The lowest BCUT2D eigenvalue weighted by Gasteiger charge is -2.43. The molecule has 2 saturated heterocycles. The van der Waals surface area contributed by atoms with E-state index in [1.165, 1.54) is 4.88 Å². The Balaban J connectivity index is 1.47. The van der Waals surface area contributed by atoms with E-state index in [9.17, 15) is 4.79 Å². The predicted molar refractivity (Wildman–Crippen MR) is 83.7 cm³/mol. The van der Waals surface area contributed by atoms with E-state index < -0.39 is 0 Å². The van der Waals surface area contributed by atoms with Gasteiger partial charge in [0.05, 0.1) is 5.60 Å². The minimum absolute atomic E-state index is 0.0649. The van der Waals surface area contributed by atoms with E-state index in [1.54, 1.807) is 11.3 Å². The van der Waals surface area contributed by atoms with Crippen LogP contribution in [0, 0.1) is 5.92 Å². The molecule has 1 atom stereocenters. The Morgan fingerprint density at radius 3 is 2.95 bits per heavy atom. The van der Waals surface area contributed by atoms with E-state index in [-0.39, 0.29) is 11.5 Å². The fourth-order valence-corrected chi connectivity index (χ4v) is 4.24. The van der Waals surface area contributed by atoms with Gasteiger partial charge in [-0.25, -0.2) is 0 Å². The van der Waals surface area contributed by atoms with Crippen LogP contribution in [0.25, 0.3) is 0 Å². The molecule has 0 aliphatic carbocycles. The molecule has 0 N–H and O–H groups in total. The van der Waals surface area contributed by atoms with Crippen LogP contribution in [0.3, 0.4) is 0 Å². The molecule has 0 bridgehead atoms. The summed E-state index contributed by atoms with van der Waals surface area (Å²) in [4.78, 5) is 13.9. The van der Waals surface area contributed by atoms with Crippen molar-refractivity contribution in [2.24, 2.45) is 5.92 Å². The van der Waals surface area contributed by atoms with E-state index in [0.717, 1.165) is 64.8 Å². The maximum atomic E-state index is 12.5. The molecule has 2 aliphatic heterocycles. The van der Waals surface area contributed by atoms with Crippen LogP contribution in [0.5, 0.6) is 0 Å². The number of Topliss-reactive ketones (excluding diaryl/α,β-unsaturated/α-hetero) is 1. The molecule has 0 saturated carbocycles. The van der Waals surface area contributed by atoms with Gasteiger partial charge in [0, 0.05) is 37.0 Å². The zero-order chi connectivity index (χ0) is 14.5. The molecular formula is C17H24O3S. The van der Waals surface area contributed by atoms with Crippen molar-refractivity contribution in [2.75, 3.05) is 19.8 Å². The number of ketones is 1. The third kappa shape index (κ3) is 3.93. The zero-order valence-corrected chi connectivity index (χ0v) is 13.3. The average Bonchev–Trinajstić information content (AvgIpc) is 3.01. The minimum Gasteiger partial charge on any atom is -0.381 e. The van der Waals surface area contributed by atoms with E-state index in [2.05, 4.69) is 17.5 Å². The molecule has 3 nitrogen and oxygen atoms in total. The molecule has 21 heavy (non-hydrogen) atoms. The normalized spacial score (nSPS) is 25.0. The van der Waals surface area contributed by atoms with Crippen molar-refractivity contribution in [1.82, 2.24) is 0 Å². The fourth-order valence-electron chi connectivity index (χ4n) is 3.49. The van der Waals surface area contributed by atoms with Crippen molar-refractivity contribution < 1.29 is 14.3 Å². The standard InChI is InChI=1S/C17H24O3S/c18-16(5-1-3-15-4-2-12-21-15)14-6-9-20-17(13-14)7-10-19-11-8-17/h2,4,12,14H,1,3,5-11,13H2. The number of carbonyl (C=O) groups is 1. The summed E-state index contributed by atoms with van der Waals surface area (Å²) in [5.41, 5.74) is -0.0649. The predicted octanol–water partition coefficient (Wildman–Crippen LogP) is 3.62. The highest BCUT2D eigenvalue weighted by molar-refractivity contribution is 7.09. The first-order valence-corrected chi connectivity index (χ1v) is 8.92. The third-order valence-electron chi connectivity index (χ3n) is 4.78. The summed E-state index contributed by atoms with van der Waals surface area (Å²) in [5.74, 6) is 0.654. The highest BCUT2D eigenvalue weighted by Crippen LogP contribution is 2.37. The molecule has 0 amide bonds. The molecule has 0 aromatic carbocycles. The lowest BCUT2D eigenvalue weighted by atomic mass is 9.78. The lowest BCUT2D eigenvalue weighted by Crippen LogP contribution is -2.45. The Hall–Kier alpha value is -0.710. The second kappa shape index (κ2) is 7.03. The molecule has 4 heteroatoms. The smallest absolute Gasteiger partial charge is 0.136 e. The number of carbonyl (C=O) groups excluding carboxylic acids is 1. The van der Waals surface area contributed by atoms with E-state index in [4.69, 9.17) is 9.47 Å². The highest BCUT2D eigenvalue weighted by Gasteiger charge is 2.40. The first-order chi connectivity index (χ1) is 10.3. The molecule has 3 heterocycles. The van der Waals surface area contributed by atoms with E-state index >= 15 is 0 Å². The van der Waals surface area contributed by atoms with Gasteiger partial charge in [0.1, 0.15) is 5.78 Å². The average molecular weight is 308 g/mol. The van der Waals surface area contributed by atoms with Crippen LogP contribution in [0.15, 0.2) is 17.5 Å². The molecule has 2 fully saturated rings. The second-order valence-electron chi connectivity index (χ2n) is 6.23. The molecule has 0 radical (unpaired) electrons. The van der Waals surface area contributed by atoms with Crippen LogP contribution < -0.4 is 0 Å². The summed E-state index contributed by atoms with van der Waals surface area (Å²) in [6.45, 7) is 2.29. The van der Waals surface area contributed by atoms with Gasteiger partial charge in [-0.15, -0.1) is 11.3 Å². The van der Waals surface area contributed by atoms with Gasteiger partial charge in [0.25, 0.3) is 0 Å². The Labute approximate surface area is 130 Å². The van der Waals surface area contributed by atoms with Crippen LogP contribution >= 0.6 is 11.3 Å². The van der Waals surface area contributed by atoms with Gasteiger partial charge >= 0.3 is 0 Å². The quantitative estimate of drug-likeness (QED) is 0.833.